The van der Waals surface area contributed by atoms with E-state index < -0.39 is 19.7 Å². The lowest BCUT2D eigenvalue weighted by Crippen LogP contribution is -2.53. The van der Waals surface area contributed by atoms with Gasteiger partial charge in [-0.25, -0.2) is 0 Å². The van der Waals surface area contributed by atoms with E-state index in [4.69, 9.17) is 13.9 Å². The van der Waals surface area contributed by atoms with E-state index >= 15 is 0 Å². The van der Waals surface area contributed by atoms with Gasteiger partial charge in [0.25, 0.3) is 0 Å². The van der Waals surface area contributed by atoms with Crippen LogP contribution in [0.4, 0.5) is 0 Å². The van der Waals surface area contributed by atoms with Crippen LogP contribution < -0.4 is 4.74 Å². The third-order valence-corrected chi connectivity index (χ3v) is 10.6. The fraction of sp³-hybridized carbons (Fsp3) is 0.619. The van der Waals surface area contributed by atoms with E-state index in [0.717, 1.165) is 0 Å². The van der Waals surface area contributed by atoms with Gasteiger partial charge in [0.15, 0.2) is 19.5 Å². The van der Waals surface area contributed by atoms with E-state index in [1.165, 1.54) is 7.11 Å². The van der Waals surface area contributed by atoms with Crippen LogP contribution in [0, 0.1) is 0 Å². The van der Waals surface area contributed by atoms with Crippen LogP contribution >= 0.6 is 0 Å². The number of Topliss-reactive ketones (excluding diaryl/α,β-unsaturated/α-hetero) is 1. The lowest BCUT2D eigenvalue weighted by molar-refractivity contribution is -0.155. The minimum atomic E-state index is -2.02. The Balaban J connectivity index is 2.42. The highest BCUT2D eigenvalue weighted by Gasteiger charge is 2.53. The average Bonchev–Trinajstić information content (AvgIpc) is 2.61. The normalized spacial score (nSPS) is 23.8. The lowest BCUT2D eigenvalue weighted by atomic mass is 9.67. The molecule has 27 heavy (non-hydrogen) atoms. The van der Waals surface area contributed by atoms with E-state index in [1.54, 1.807) is 31.4 Å². The van der Waals surface area contributed by atoms with Crippen LogP contribution in [0.25, 0.3) is 0 Å². The van der Waals surface area contributed by atoms with E-state index in [1.807, 2.05) is 0 Å². The number of methoxy groups -OCH3 is 2. The Bertz CT molecular complexity index is 680. The van der Waals surface area contributed by atoms with Gasteiger partial charge in [0.2, 0.25) is 0 Å². The summed E-state index contributed by atoms with van der Waals surface area (Å²) in [6.07, 6.45) is 1.11. The fourth-order valence-electron chi connectivity index (χ4n) is 3.40. The standard InChI is InChI=1S/C21H32O5Si/c1-20(2,3)27(6,7)26-17-12-13-18(22)21(14-17,19(23)25-5)15-8-10-16(24-4)11-9-15/h8-11,17H,12-14H2,1-7H3/t17-,21+/m0/s1. The van der Waals surface area contributed by atoms with Crippen molar-refractivity contribution in [1.82, 2.24) is 0 Å². The summed E-state index contributed by atoms with van der Waals surface area (Å²) in [7, 11) is 0.895. The molecule has 1 saturated carbocycles. The number of rotatable bonds is 5. The highest BCUT2D eigenvalue weighted by Crippen LogP contribution is 2.43. The first-order valence-corrected chi connectivity index (χ1v) is 12.3. The number of carbonyl (C=O) groups is 2. The van der Waals surface area contributed by atoms with Gasteiger partial charge in [-0.05, 0) is 48.7 Å². The number of ketones is 1. The van der Waals surface area contributed by atoms with E-state index in [9.17, 15) is 9.59 Å². The number of esters is 1. The predicted molar refractivity (Wildman–Crippen MR) is 108 cm³/mol. The molecule has 1 aromatic carbocycles. The Hall–Kier alpha value is -1.66. The summed E-state index contributed by atoms with van der Waals surface area (Å²) in [5.41, 5.74) is -0.671. The van der Waals surface area contributed by atoms with Gasteiger partial charge in [-0.1, -0.05) is 32.9 Å². The molecular formula is C21H32O5Si. The zero-order valence-corrected chi connectivity index (χ0v) is 18.5. The topological polar surface area (TPSA) is 61.8 Å². The molecule has 5 nitrogen and oxygen atoms in total. The van der Waals surface area contributed by atoms with Crippen LogP contribution in [0.1, 0.15) is 45.6 Å². The monoisotopic (exact) mass is 392 g/mol. The van der Waals surface area contributed by atoms with Gasteiger partial charge in [0.1, 0.15) is 5.75 Å². The van der Waals surface area contributed by atoms with Crippen molar-refractivity contribution >= 4 is 20.1 Å². The van der Waals surface area contributed by atoms with Gasteiger partial charge in [0.05, 0.1) is 14.2 Å². The third-order valence-electron chi connectivity index (χ3n) is 6.09. The summed E-state index contributed by atoms with van der Waals surface area (Å²) in [5.74, 6) is 0.0619. The lowest BCUT2D eigenvalue weighted by Gasteiger charge is -2.44. The minimum Gasteiger partial charge on any atom is -0.497 e. The van der Waals surface area contributed by atoms with Crippen molar-refractivity contribution in [2.24, 2.45) is 0 Å². The number of hydrogen-bond acceptors (Lipinski definition) is 5. The zero-order valence-electron chi connectivity index (χ0n) is 17.5. The molecule has 6 heteroatoms. The molecule has 0 saturated heterocycles. The van der Waals surface area contributed by atoms with Gasteiger partial charge in [-0.15, -0.1) is 0 Å². The average molecular weight is 393 g/mol. The largest absolute Gasteiger partial charge is 0.497 e. The Morgan fingerprint density at radius 2 is 1.74 bits per heavy atom. The van der Waals surface area contributed by atoms with Crippen LogP contribution in [0.3, 0.4) is 0 Å². The Kier molecular flexibility index (Phi) is 6.22. The zero-order chi connectivity index (χ0) is 20.5. The summed E-state index contributed by atoms with van der Waals surface area (Å²) in [6.45, 7) is 10.9. The van der Waals surface area contributed by atoms with Gasteiger partial charge in [-0.2, -0.15) is 0 Å². The molecule has 150 valence electrons. The smallest absolute Gasteiger partial charge is 0.323 e. The summed E-state index contributed by atoms with van der Waals surface area (Å²) in [4.78, 5) is 25.8. The molecule has 0 unspecified atom stereocenters. The summed E-state index contributed by atoms with van der Waals surface area (Å²) in [6, 6.07) is 7.10. The van der Waals surface area contributed by atoms with Gasteiger partial charge < -0.3 is 13.9 Å². The van der Waals surface area contributed by atoms with Crippen molar-refractivity contribution in [2.45, 2.75) is 69.7 Å². The summed E-state index contributed by atoms with van der Waals surface area (Å²) < 4.78 is 16.9. The Morgan fingerprint density at radius 3 is 2.22 bits per heavy atom. The van der Waals surface area contributed by atoms with Crippen molar-refractivity contribution in [3.63, 3.8) is 0 Å². The molecular weight excluding hydrogens is 360 g/mol. The molecule has 0 radical (unpaired) electrons. The molecule has 1 aromatic rings. The molecule has 1 aliphatic carbocycles. The van der Waals surface area contributed by atoms with Crippen LogP contribution in [0.15, 0.2) is 24.3 Å². The van der Waals surface area contributed by atoms with E-state index in [-0.39, 0.29) is 16.9 Å². The van der Waals surface area contributed by atoms with E-state index in [0.29, 0.717) is 30.6 Å². The van der Waals surface area contributed by atoms with Crippen LogP contribution in [-0.2, 0) is 24.2 Å². The minimum absolute atomic E-state index is 0.0580. The number of hydrogen-bond donors (Lipinski definition) is 0. The van der Waals surface area contributed by atoms with Crippen molar-refractivity contribution in [3.8, 4) is 5.75 Å². The summed E-state index contributed by atoms with van der Waals surface area (Å²) >= 11 is 0. The highest BCUT2D eigenvalue weighted by molar-refractivity contribution is 6.74. The molecule has 0 aliphatic heterocycles. The molecule has 1 fully saturated rings. The second-order valence-electron chi connectivity index (χ2n) is 8.79. The number of ether oxygens (including phenoxy) is 2. The quantitative estimate of drug-likeness (QED) is 0.426. The van der Waals surface area contributed by atoms with Crippen molar-refractivity contribution < 1.29 is 23.5 Å². The predicted octanol–water partition coefficient (Wildman–Crippen LogP) is 4.25. The number of carbonyl (C=O) groups excluding carboxylic acids is 2. The fourth-order valence-corrected chi connectivity index (χ4v) is 4.79. The molecule has 0 bridgehead atoms. The van der Waals surface area contributed by atoms with Gasteiger partial charge >= 0.3 is 5.97 Å². The first-order valence-electron chi connectivity index (χ1n) is 9.42. The highest BCUT2D eigenvalue weighted by atomic mass is 28.4. The van der Waals surface area contributed by atoms with Crippen molar-refractivity contribution in [3.05, 3.63) is 29.8 Å². The maximum absolute atomic E-state index is 13.0. The molecule has 0 aromatic heterocycles. The second kappa shape index (κ2) is 7.76. The van der Waals surface area contributed by atoms with Crippen LogP contribution in [0.2, 0.25) is 18.1 Å². The van der Waals surface area contributed by atoms with E-state index in [2.05, 4.69) is 33.9 Å². The molecule has 2 rings (SSSR count). The van der Waals surface area contributed by atoms with Crippen LogP contribution in [0.5, 0.6) is 5.75 Å². The molecule has 0 heterocycles. The van der Waals surface area contributed by atoms with Crippen molar-refractivity contribution in [1.29, 1.82) is 0 Å². The first-order chi connectivity index (χ1) is 12.5. The number of benzene rings is 1. The Labute approximate surface area is 163 Å². The van der Waals surface area contributed by atoms with Gasteiger partial charge in [0, 0.05) is 12.5 Å². The van der Waals surface area contributed by atoms with Crippen molar-refractivity contribution in [2.75, 3.05) is 14.2 Å². The van der Waals surface area contributed by atoms with Gasteiger partial charge in [-0.3, -0.25) is 9.59 Å². The molecule has 0 N–H and O–H groups in total. The summed E-state index contributed by atoms with van der Waals surface area (Å²) in [5, 5.41) is 0.0580. The molecule has 0 spiro atoms. The third kappa shape index (κ3) is 4.11. The Morgan fingerprint density at radius 1 is 1.15 bits per heavy atom. The molecule has 1 aliphatic rings. The first kappa shape index (κ1) is 21.6. The van der Waals surface area contributed by atoms with Crippen LogP contribution in [-0.4, -0.2) is 40.4 Å². The SMILES string of the molecule is COC(=O)[C@@]1(c2ccc(OC)cc2)C[C@@H](O[Si](C)(C)C(C)(C)C)CCC1=O. The molecule has 2 atom stereocenters. The maximum Gasteiger partial charge on any atom is 0.323 e. The second-order valence-corrected chi connectivity index (χ2v) is 13.5. The maximum atomic E-state index is 13.0. The molecule has 0 amide bonds.